The Morgan fingerprint density at radius 3 is 2.63 bits per heavy atom. The van der Waals surface area contributed by atoms with Gasteiger partial charge in [0.2, 0.25) is 0 Å². The van der Waals surface area contributed by atoms with E-state index in [1.165, 1.54) is 49.0 Å². The zero-order chi connectivity index (χ0) is 13.7. The standard InChI is InChI=1S/C17H28N2/c1-4-18-12-16-9-10-17(14(2)11-16)19(3)13-15-7-5-6-8-15/h9-11,15,18H,4-8,12-13H2,1-3H3. The molecule has 2 nitrogen and oxygen atoms in total. The molecule has 1 aliphatic carbocycles. The second-order valence-electron chi connectivity index (χ2n) is 5.93. The Balaban J connectivity index is 1.98. The van der Waals surface area contributed by atoms with Gasteiger partial charge in [-0.05, 0) is 49.4 Å². The molecule has 0 bridgehead atoms. The van der Waals surface area contributed by atoms with Crippen molar-refractivity contribution in [2.45, 2.75) is 46.1 Å². The largest absolute Gasteiger partial charge is 0.374 e. The van der Waals surface area contributed by atoms with E-state index in [1.807, 2.05) is 0 Å². The van der Waals surface area contributed by atoms with E-state index in [4.69, 9.17) is 0 Å². The van der Waals surface area contributed by atoms with Gasteiger partial charge in [0.05, 0.1) is 0 Å². The molecule has 0 heterocycles. The molecule has 0 unspecified atom stereocenters. The Labute approximate surface area is 118 Å². The number of nitrogens with one attached hydrogen (secondary N) is 1. The van der Waals surface area contributed by atoms with Crippen LogP contribution < -0.4 is 10.2 Å². The highest BCUT2D eigenvalue weighted by atomic mass is 15.1. The van der Waals surface area contributed by atoms with Gasteiger partial charge in [-0.15, -0.1) is 0 Å². The van der Waals surface area contributed by atoms with E-state index in [9.17, 15) is 0 Å². The Hall–Kier alpha value is -1.02. The van der Waals surface area contributed by atoms with Crippen LogP contribution in [0.2, 0.25) is 0 Å². The van der Waals surface area contributed by atoms with Crippen LogP contribution in [0.4, 0.5) is 5.69 Å². The summed E-state index contributed by atoms with van der Waals surface area (Å²) in [6.45, 7) is 7.60. The van der Waals surface area contributed by atoms with E-state index in [-0.39, 0.29) is 0 Å². The predicted octanol–water partition coefficient (Wildman–Crippen LogP) is 3.73. The summed E-state index contributed by atoms with van der Waals surface area (Å²) in [6.07, 6.45) is 5.70. The molecule has 106 valence electrons. The molecular formula is C17H28N2. The van der Waals surface area contributed by atoms with Gasteiger partial charge in [-0.25, -0.2) is 0 Å². The van der Waals surface area contributed by atoms with Gasteiger partial charge in [0.25, 0.3) is 0 Å². The topological polar surface area (TPSA) is 15.3 Å². The highest BCUT2D eigenvalue weighted by Crippen LogP contribution is 2.28. The van der Waals surface area contributed by atoms with Crippen LogP contribution in [0.1, 0.15) is 43.7 Å². The molecule has 1 N–H and O–H groups in total. The maximum Gasteiger partial charge on any atom is 0.0393 e. The summed E-state index contributed by atoms with van der Waals surface area (Å²) in [6, 6.07) is 6.87. The maximum atomic E-state index is 3.39. The zero-order valence-corrected chi connectivity index (χ0v) is 12.7. The summed E-state index contributed by atoms with van der Waals surface area (Å²) in [4.78, 5) is 2.45. The van der Waals surface area contributed by atoms with Gasteiger partial charge in [-0.3, -0.25) is 0 Å². The van der Waals surface area contributed by atoms with Gasteiger partial charge in [-0.2, -0.15) is 0 Å². The first-order chi connectivity index (χ1) is 9.20. The van der Waals surface area contributed by atoms with Gasteiger partial charge >= 0.3 is 0 Å². The van der Waals surface area contributed by atoms with Crippen LogP contribution in [0.5, 0.6) is 0 Å². The number of hydrogen-bond donors (Lipinski definition) is 1. The molecule has 2 heteroatoms. The second kappa shape index (κ2) is 6.95. The van der Waals surface area contributed by atoms with E-state index < -0.39 is 0 Å². The normalized spacial score (nSPS) is 15.9. The number of aryl methyl sites for hydroxylation is 1. The van der Waals surface area contributed by atoms with Crippen molar-refractivity contribution in [2.75, 3.05) is 25.0 Å². The van der Waals surface area contributed by atoms with Gasteiger partial charge in [0, 0.05) is 25.8 Å². The Kier molecular flexibility index (Phi) is 5.26. The van der Waals surface area contributed by atoms with Crippen molar-refractivity contribution in [3.63, 3.8) is 0 Å². The van der Waals surface area contributed by atoms with Crippen LogP contribution in [0.3, 0.4) is 0 Å². The molecule has 1 fully saturated rings. The van der Waals surface area contributed by atoms with Gasteiger partial charge in [0.1, 0.15) is 0 Å². The summed E-state index contributed by atoms with van der Waals surface area (Å²) < 4.78 is 0. The number of hydrogen-bond acceptors (Lipinski definition) is 2. The molecule has 0 radical (unpaired) electrons. The van der Waals surface area contributed by atoms with Crippen molar-refractivity contribution in [1.82, 2.24) is 5.32 Å². The van der Waals surface area contributed by atoms with E-state index in [1.54, 1.807) is 0 Å². The summed E-state index contributed by atoms with van der Waals surface area (Å²) in [5, 5.41) is 3.39. The third-order valence-electron chi connectivity index (χ3n) is 4.26. The van der Waals surface area contributed by atoms with Crippen LogP contribution in [-0.2, 0) is 6.54 Å². The molecule has 0 saturated heterocycles. The number of anilines is 1. The first-order valence-electron chi connectivity index (χ1n) is 7.72. The van der Waals surface area contributed by atoms with Gasteiger partial charge < -0.3 is 10.2 Å². The molecule has 2 rings (SSSR count). The van der Waals surface area contributed by atoms with Crippen molar-refractivity contribution < 1.29 is 0 Å². The number of rotatable bonds is 6. The summed E-state index contributed by atoms with van der Waals surface area (Å²) in [5.41, 5.74) is 4.18. The third-order valence-corrected chi connectivity index (χ3v) is 4.26. The molecule has 0 aromatic heterocycles. The summed E-state index contributed by atoms with van der Waals surface area (Å²) in [5.74, 6) is 0.908. The van der Waals surface area contributed by atoms with Crippen molar-refractivity contribution >= 4 is 5.69 Å². The van der Waals surface area contributed by atoms with Crippen LogP contribution >= 0.6 is 0 Å². The van der Waals surface area contributed by atoms with Crippen LogP contribution in [0, 0.1) is 12.8 Å². The molecule has 19 heavy (non-hydrogen) atoms. The molecular weight excluding hydrogens is 232 g/mol. The molecule has 1 aromatic carbocycles. The van der Waals surface area contributed by atoms with Crippen molar-refractivity contribution in [3.05, 3.63) is 29.3 Å². The monoisotopic (exact) mass is 260 g/mol. The third kappa shape index (κ3) is 3.97. The molecule has 0 aliphatic heterocycles. The molecule has 0 amide bonds. The highest BCUT2D eigenvalue weighted by molar-refractivity contribution is 5.54. The van der Waals surface area contributed by atoms with E-state index in [0.717, 1.165) is 19.0 Å². The summed E-state index contributed by atoms with van der Waals surface area (Å²) in [7, 11) is 2.24. The van der Waals surface area contributed by atoms with Crippen LogP contribution in [0.15, 0.2) is 18.2 Å². The average Bonchev–Trinajstić information content (AvgIpc) is 2.89. The minimum Gasteiger partial charge on any atom is -0.374 e. The minimum absolute atomic E-state index is 0.908. The molecule has 1 aromatic rings. The number of benzene rings is 1. The van der Waals surface area contributed by atoms with E-state index in [0.29, 0.717) is 0 Å². The Bertz CT molecular complexity index is 394. The molecule has 0 atom stereocenters. The SMILES string of the molecule is CCNCc1ccc(N(C)CC2CCCC2)c(C)c1. The number of nitrogens with zero attached hydrogens (tertiary/aromatic N) is 1. The lowest BCUT2D eigenvalue weighted by Crippen LogP contribution is -2.24. The smallest absolute Gasteiger partial charge is 0.0393 e. The Morgan fingerprint density at radius 2 is 2.00 bits per heavy atom. The Morgan fingerprint density at radius 1 is 1.26 bits per heavy atom. The molecule has 1 aliphatic rings. The molecule has 0 spiro atoms. The summed E-state index contributed by atoms with van der Waals surface area (Å²) >= 11 is 0. The molecule has 1 saturated carbocycles. The van der Waals surface area contributed by atoms with Crippen molar-refractivity contribution in [2.24, 2.45) is 5.92 Å². The van der Waals surface area contributed by atoms with E-state index >= 15 is 0 Å². The van der Waals surface area contributed by atoms with Crippen LogP contribution in [0.25, 0.3) is 0 Å². The van der Waals surface area contributed by atoms with Crippen LogP contribution in [-0.4, -0.2) is 20.1 Å². The lowest BCUT2D eigenvalue weighted by molar-refractivity contribution is 0.546. The fourth-order valence-corrected chi connectivity index (χ4v) is 3.20. The average molecular weight is 260 g/mol. The fourth-order valence-electron chi connectivity index (χ4n) is 3.20. The minimum atomic E-state index is 0.908. The van der Waals surface area contributed by atoms with Gasteiger partial charge in [-0.1, -0.05) is 31.9 Å². The lowest BCUT2D eigenvalue weighted by Gasteiger charge is -2.25. The predicted molar refractivity (Wildman–Crippen MR) is 83.8 cm³/mol. The van der Waals surface area contributed by atoms with Gasteiger partial charge in [0.15, 0.2) is 0 Å². The lowest BCUT2D eigenvalue weighted by atomic mass is 10.1. The quantitative estimate of drug-likeness (QED) is 0.838. The maximum absolute atomic E-state index is 3.39. The fraction of sp³-hybridized carbons (Fsp3) is 0.647. The highest BCUT2D eigenvalue weighted by Gasteiger charge is 2.17. The van der Waals surface area contributed by atoms with E-state index in [2.05, 4.69) is 49.3 Å². The zero-order valence-electron chi connectivity index (χ0n) is 12.7. The second-order valence-corrected chi connectivity index (χ2v) is 5.93. The van der Waals surface area contributed by atoms with Crippen molar-refractivity contribution in [3.8, 4) is 0 Å². The first-order valence-corrected chi connectivity index (χ1v) is 7.72. The van der Waals surface area contributed by atoms with Crippen molar-refractivity contribution in [1.29, 1.82) is 0 Å². The first kappa shape index (κ1) is 14.4.